The monoisotopic (exact) mass is 200 g/mol. The summed E-state index contributed by atoms with van der Waals surface area (Å²) in [6.45, 7) is 6.01. The van der Waals surface area contributed by atoms with Crippen LogP contribution in [-0.4, -0.2) is 48.6 Å². The Kier molecular flexibility index (Phi) is 4.58. The SMILES string of the molecule is C=CC(=O)OCCCN1CCNC1O. The van der Waals surface area contributed by atoms with Gasteiger partial charge in [0.05, 0.1) is 6.61 Å². The quantitative estimate of drug-likeness (QED) is 0.348. The lowest BCUT2D eigenvalue weighted by molar-refractivity contribution is -0.138. The normalized spacial score (nSPS) is 22.2. The minimum Gasteiger partial charge on any atom is -0.462 e. The largest absolute Gasteiger partial charge is 0.462 e. The van der Waals surface area contributed by atoms with E-state index in [-0.39, 0.29) is 0 Å². The number of ether oxygens (including phenoxy) is 1. The fourth-order valence-electron chi connectivity index (χ4n) is 1.32. The zero-order chi connectivity index (χ0) is 10.4. The van der Waals surface area contributed by atoms with Gasteiger partial charge in [-0.2, -0.15) is 0 Å². The molecular formula is C9H16N2O3. The van der Waals surface area contributed by atoms with E-state index < -0.39 is 12.3 Å². The molecule has 2 N–H and O–H groups in total. The molecule has 0 bridgehead atoms. The summed E-state index contributed by atoms with van der Waals surface area (Å²) in [6.07, 6.45) is 1.31. The first-order chi connectivity index (χ1) is 6.74. The molecule has 0 aromatic heterocycles. The van der Waals surface area contributed by atoms with Crippen molar-refractivity contribution >= 4 is 5.97 Å². The van der Waals surface area contributed by atoms with Crippen molar-refractivity contribution in [2.75, 3.05) is 26.2 Å². The number of hydrogen-bond donors (Lipinski definition) is 2. The van der Waals surface area contributed by atoms with Crippen molar-refractivity contribution in [2.45, 2.75) is 12.8 Å². The highest BCUT2D eigenvalue weighted by Crippen LogP contribution is 2.00. The van der Waals surface area contributed by atoms with Crippen molar-refractivity contribution < 1.29 is 14.6 Å². The lowest BCUT2D eigenvalue weighted by Gasteiger charge is -2.18. The van der Waals surface area contributed by atoms with Crippen LogP contribution in [0.5, 0.6) is 0 Å². The Morgan fingerprint density at radius 3 is 3.14 bits per heavy atom. The van der Waals surface area contributed by atoms with Gasteiger partial charge in [0, 0.05) is 25.7 Å². The average Bonchev–Trinajstić information content (AvgIpc) is 2.58. The summed E-state index contributed by atoms with van der Waals surface area (Å²) >= 11 is 0. The van der Waals surface area contributed by atoms with Crippen LogP contribution in [0.2, 0.25) is 0 Å². The predicted octanol–water partition coefficient (Wildman–Crippen LogP) is -0.713. The van der Waals surface area contributed by atoms with Gasteiger partial charge in [0.15, 0.2) is 6.35 Å². The average molecular weight is 200 g/mol. The third-order valence-electron chi connectivity index (χ3n) is 2.07. The Balaban J connectivity index is 2.03. The summed E-state index contributed by atoms with van der Waals surface area (Å²) in [5.74, 6) is -0.398. The van der Waals surface area contributed by atoms with Crippen molar-refractivity contribution in [1.29, 1.82) is 0 Å². The molecule has 14 heavy (non-hydrogen) atoms. The zero-order valence-electron chi connectivity index (χ0n) is 8.11. The molecule has 0 aromatic carbocycles. The Labute approximate surface area is 83.3 Å². The van der Waals surface area contributed by atoms with E-state index in [1.807, 2.05) is 4.90 Å². The summed E-state index contributed by atoms with van der Waals surface area (Å²) in [5.41, 5.74) is 0. The molecular weight excluding hydrogens is 184 g/mol. The van der Waals surface area contributed by atoms with Gasteiger partial charge in [0.25, 0.3) is 0 Å². The van der Waals surface area contributed by atoms with Crippen LogP contribution in [0.25, 0.3) is 0 Å². The first-order valence-corrected chi connectivity index (χ1v) is 4.68. The van der Waals surface area contributed by atoms with E-state index in [2.05, 4.69) is 11.9 Å². The van der Waals surface area contributed by atoms with E-state index >= 15 is 0 Å². The molecule has 1 fully saturated rings. The van der Waals surface area contributed by atoms with E-state index in [4.69, 9.17) is 4.74 Å². The third kappa shape index (κ3) is 3.45. The molecule has 1 unspecified atom stereocenters. The first-order valence-electron chi connectivity index (χ1n) is 4.68. The number of carbonyl (C=O) groups excluding carboxylic acids is 1. The van der Waals surface area contributed by atoms with E-state index in [0.29, 0.717) is 6.61 Å². The molecule has 0 amide bonds. The van der Waals surface area contributed by atoms with Gasteiger partial charge in [0.1, 0.15) is 0 Å². The van der Waals surface area contributed by atoms with Crippen LogP contribution >= 0.6 is 0 Å². The van der Waals surface area contributed by atoms with E-state index in [0.717, 1.165) is 32.1 Å². The number of carbonyl (C=O) groups is 1. The number of aliphatic hydroxyl groups is 1. The summed E-state index contributed by atoms with van der Waals surface area (Å²) in [7, 11) is 0. The predicted molar refractivity (Wildman–Crippen MR) is 51.4 cm³/mol. The highest BCUT2D eigenvalue weighted by atomic mass is 16.5. The van der Waals surface area contributed by atoms with Gasteiger partial charge in [-0.1, -0.05) is 6.58 Å². The van der Waals surface area contributed by atoms with Crippen LogP contribution in [-0.2, 0) is 9.53 Å². The Bertz CT molecular complexity index is 208. The van der Waals surface area contributed by atoms with Gasteiger partial charge >= 0.3 is 5.97 Å². The lowest BCUT2D eigenvalue weighted by atomic mass is 10.4. The van der Waals surface area contributed by atoms with Crippen LogP contribution in [0.1, 0.15) is 6.42 Å². The molecule has 1 saturated heterocycles. The maximum Gasteiger partial charge on any atom is 0.330 e. The molecule has 0 radical (unpaired) electrons. The first kappa shape index (κ1) is 11.2. The molecule has 5 nitrogen and oxygen atoms in total. The van der Waals surface area contributed by atoms with Gasteiger partial charge < -0.3 is 9.84 Å². The second-order valence-electron chi connectivity index (χ2n) is 3.09. The molecule has 1 atom stereocenters. The fraction of sp³-hybridized carbons (Fsp3) is 0.667. The third-order valence-corrected chi connectivity index (χ3v) is 2.07. The van der Waals surface area contributed by atoms with Gasteiger partial charge in [0.2, 0.25) is 0 Å². The van der Waals surface area contributed by atoms with Crippen LogP contribution in [0.15, 0.2) is 12.7 Å². The number of nitrogens with zero attached hydrogens (tertiary/aromatic N) is 1. The topological polar surface area (TPSA) is 61.8 Å². The summed E-state index contributed by atoms with van der Waals surface area (Å²) in [5, 5.41) is 12.2. The van der Waals surface area contributed by atoms with Gasteiger partial charge in [-0.15, -0.1) is 0 Å². The van der Waals surface area contributed by atoms with Crippen molar-refractivity contribution in [1.82, 2.24) is 10.2 Å². The molecule has 0 saturated carbocycles. The fourth-order valence-corrected chi connectivity index (χ4v) is 1.32. The second kappa shape index (κ2) is 5.74. The van der Waals surface area contributed by atoms with Crippen LogP contribution < -0.4 is 5.32 Å². The number of rotatable bonds is 5. The number of hydrogen-bond acceptors (Lipinski definition) is 5. The van der Waals surface area contributed by atoms with E-state index in [1.54, 1.807) is 0 Å². The maximum absolute atomic E-state index is 10.7. The highest BCUT2D eigenvalue weighted by Gasteiger charge is 2.19. The van der Waals surface area contributed by atoms with E-state index in [9.17, 15) is 9.90 Å². The van der Waals surface area contributed by atoms with Crippen LogP contribution in [0, 0.1) is 0 Å². The molecule has 0 aromatic rings. The van der Waals surface area contributed by atoms with Crippen molar-refractivity contribution in [2.24, 2.45) is 0 Å². The molecule has 1 rings (SSSR count). The Hall–Kier alpha value is -0.910. The molecule has 80 valence electrons. The zero-order valence-corrected chi connectivity index (χ0v) is 8.11. The van der Waals surface area contributed by atoms with Crippen molar-refractivity contribution in [3.63, 3.8) is 0 Å². The molecule has 1 aliphatic heterocycles. The molecule has 5 heteroatoms. The van der Waals surface area contributed by atoms with E-state index in [1.165, 1.54) is 0 Å². The standard InChI is InChI=1S/C9H16N2O3/c1-2-8(12)14-7-3-5-11-6-4-10-9(11)13/h2,9-10,13H,1,3-7H2. The van der Waals surface area contributed by atoms with Crippen LogP contribution in [0.3, 0.4) is 0 Å². The molecule has 0 spiro atoms. The van der Waals surface area contributed by atoms with Crippen molar-refractivity contribution in [3.05, 3.63) is 12.7 Å². The summed E-state index contributed by atoms with van der Waals surface area (Å²) < 4.78 is 4.80. The summed E-state index contributed by atoms with van der Waals surface area (Å²) in [6, 6.07) is 0. The number of nitrogens with one attached hydrogen (secondary N) is 1. The highest BCUT2D eigenvalue weighted by molar-refractivity contribution is 5.81. The minimum absolute atomic E-state index is 0.369. The second-order valence-corrected chi connectivity index (χ2v) is 3.09. The minimum atomic E-state index is -0.551. The molecule has 1 heterocycles. The Morgan fingerprint density at radius 1 is 1.79 bits per heavy atom. The summed E-state index contributed by atoms with van der Waals surface area (Å²) in [4.78, 5) is 12.5. The van der Waals surface area contributed by atoms with Gasteiger partial charge in [-0.3, -0.25) is 10.2 Å². The maximum atomic E-state index is 10.7. The van der Waals surface area contributed by atoms with Gasteiger partial charge in [-0.05, 0) is 6.42 Å². The number of esters is 1. The van der Waals surface area contributed by atoms with Crippen molar-refractivity contribution in [3.8, 4) is 0 Å². The molecule has 1 aliphatic rings. The van der Waals surface area contributed by atoms with Crippen LogP contribution in [0.4, 0.5) is 0 Å². The smallest absolute Gasteiger partial charge is 0.330 e. The van der Waals surface area contributed by atoms with Gasteiger partial charge in [-0.25, -0.2) is 4.79 Å². The molecule has 0 aliphatic carbocycles. The number of aliphatic hydroxyl groups excluding tert-OH is 1. The Morgan fingerprint density at radius 2 is 2.57 bits per heavy atom. The lowest BCUT2D eigenvalue weighted by Crippen LogP contribution is -2.36.